The van der Waals surface area contributed by atoms with E-state index in [0.29, 0.717) is 17.8 Å². The molecule has 3 aromatic heterocycles. The Kier molecular flexibility index (Phi) is 5.69. The van der Waals surface area contributed by atoms with Gasteiger partial charge in [-0.3, -0.25) is 0 Å². The van der Waals surface area contributed by atoms with Crippen molar-refractivity contribution in [2.45, 2.75) is 64.6 Å². The fourth-order valence-corrected chi connectivity index (χ4v) is 4.32. The Balaban J connectivity index is 1.67. The average Bonchev–Trinajstić information content (AvgIpc) is 3.12. The van der Waals surface area contributed by atoms with Crippen LogP contribution in [-0.4, -0.2) is 33.1 Å². The van der Waals surface area contributed by atoms with Gasteiger partial charge in [0.15, 0.2) is 11.6 Å². The summed E-state index contributed by atoms with van der Waals surface area (Å²) in [6.45, 7) is 6.25. The lowest BCUT2D eigenvalue weighted by molar-refractivity contribution is 0.332. The van der Waals surface area contributed by atoms with E-state index in [0.717, 1.165) is 47.8 Å². The normalized spacial score (nSPS) is 19.2. The molecule has 7 heteroatoms. The highest BCUT2D eigenvalue weighted by Gasteiger charge is 2.24. The van der Waals surface area contributed by atoms with E-state index >= 15 is 0 Å². The van der Waals surface area contributed by atoms with Crippen LogP contribution in [0.4, 0.5) is 10.2 Å². The summed E-state index contributed by atoms with van der Waals surface area (Å²) in [6, 6.07) is 6.34. The van der Waals surface area contributed by atoms with Gasteiger partial charge in [0.05, 0.1) is 11.3 Å². The van der Waals surface area contributed by atoms with Gasteiger partial charge in [0, 0.05) is 41.5 Å². The molecule has 156 valence electrons. The minimum absolute atomic E-state index is 0.143. The van der Waals surface area contributed by atoms with Crippen LogP contribution in [-0.2, 0) is 0 Å². The Hall–Kier alpha value is -2.98. The lowest BCUT2D eigenvalue weighted by Gasteiger charge is -2.32. The van der Waals surface area contributed by atoms with E-state index < -0.39 is 5.82 Å². The smallest absolute Gasteiger partial charge is 0.166 e. The minimum Gasteiger partial charge on any atom is -0.365 e. The Bertz CT molecular complexity index is 1100. The predicted octanol–water partition coefficient (Wildman–Crippen LogP) is 4.67. The summed E-state index contributed by atoms with van der Waals surface area (Å²) in [7, 11) is 0. The maximum absolute atomic E-state index is 14.8. The molecule has 0 spiro atoms. The molecule has 4 rings (SSSR count). The Morgan fingerprint density at radius 1 is 1.27 bits per heavy atom. The third kappa shape index (κ3) is 4.14. The first kappa shape index (κ1) is 20.3. The molecule has 0 aliphatic heterocycles. The van der Waals surface area contributed by atoms with Crippen LogP contribution in [0.1, 0.15) is 50.7 Å². The van der Waals surface area contributed by atoms with Crippen molar-refractivity contribution >= 4 is 16.9 Å². The fraction of sp³-hybridized carbons (Fsp3) is 0.435. The number of aromatic nitrogens is 3. The van der Waals surface area contributed by atoms with Crippen molar-refractivity contribution in [3.8, 4) is 17.3 Å². The average molecular weight is 407 g/mol. The molecule has 0 bridgehead atoms. The van der Waals surface area contributed by atoms with E-state index in [1.54, 1.807) is 12.4 Å². The third-order valence-electron chi connectivity index (χ3n) is 5.60. The molecule has 1 aliphatic carbocycles. The van der Waals surface area contributed by atoms with Crippen LogP contribution in [0.15, 0.2) is 24.5 Å². The van der Waals surface area contributed by atoms with Crippen molar-refractivity contribution in [1.82, 2.24) is 20.3 Å². The molecule has 0 radical (unpaired) electrons. The Morgan fingerprint density at radius 2 is 2.07 bits per heavy atom. The molecule has 3 N–H and O–H groups in total. The van der Waals surface area contributed by atoms with Crippen LogP contribution < -0.4 is 10.6 Å². The molecule has 3 aromatic rings. The number of nitrogens with one attached hydrogen (secondary N) is 3. The van der Waals surface area contributed by atoms with Gasteiger partial charge in [-0.1, -0.05) is 13.8 Å². The largest absolute Gasteiger partial charge is 0.365 e. The van der Waals surface area contributed by atoms with Crippen LogP contribution in [0.25, 0.3) is 22.3 Å². The number of halogens is 1. The number of pyridine rings is 2. The van der Waals surface area contributed by atoms with Gasteiger partial charge in [0.1, 0.15) is 11.7 Å². The molecule has 1 fully saturated rings. The monoisotopic (exact) mass is 406 g/mol. The molecular formula is C23H27FN6. The molecule has 1 saturated carbocycles. The zero-order valence-corrected chi connectivity index (χ0v) is 17.6. The summed E-state index contributed by atoms with van der Waals surface area (Å²) in [5.74, 6) is -0.294. The molecule has 30 heavy (non-hydrogen) atoms. The summed E-state index contributed by atoms with van der Waals surface area (Å²) in [6.07, 6.45) is 7.68. The summed E-state index contributed by atoms with van der Waals surface area (Å²) in [4.78, 5) is 12.1. The number of fused-ring (bicyclic) bond motifs is 1. The van der Waals surface area contributed by atoms with Crippen molar-refractivity contribution in [2.75, 3.05) is 5.32 Å². The second-order valence-electron chi connectivity index (χ2n) is 8.46. The first-order valence-corrected chi connectivity index (χ1v) is 10.5. The number of nitriles is 1. The first-order valence-electron chi connectivity index (χ1n) is 10.5. The standard InChI is InChI=1S/C23H27FN6/c1-13(2)28-16-5-4-6-17(9-16)29-23-20(24)8-15(10-25)21(30-23)19-12-27-22-18(19)7-14(3)11-26-22/h7-8,11-13,16-17,28H,4-6,9H2,1-3H3,(H,26,27)(H,29,30). The molecule has 6 nitrogen and oxygen atoms in total. The van der Waals surface area contributed by atoms with Crippen LogP contribution in [0, 0.1) is 24.1 Å². The van der Waals surface area contributed by atoms with Gasteiger partial charge in [-0.25, -0.2) is 14.4 Å². The van der Waals surface area contributed by atoms with Crippen molar-refractivity contribution < 1.29 is 4.39 Å². The van der Waals surface area contributed by atoms with E-state index in [4.69, 9.17) is 0 Å². The van der Waals surface area contributed by atoms with Gasteiger partial charge in [0.25, 0.3) is 0 Å². The number of hydrogen-bond acceptors (Lipinski definition) is 5. The summed E-state index contributed by atoms with van der Waals surface area (Å²) in [5, 5.41) is 17.3. The predicted molar refractivity (Wildman–Crippen MR) is 117 cm³/mol. The molecule has 0 aromatic carbocycles. The van der Waals surface area contributed by atoms with Crippen molar-refractivity contribution in [2.24, 2.45) is 0 Å². The third-order valence-corrected chi connectivity index (χ3v) is 5.60. The van der Waals surface area contributed by atoms with E-state index in [1.165, 1.54) is 6.07 Å². The number of rotatable bonds is 5. The number of nitrogens with zero attached hydrogens (tertiary/aromatic N) is 3. The van der Waals surface area contributed by atoms with Gasteiger partial charge in [-0.05, 0) is 50.3 Å². The van der Waals surface area contributed by atoms with Gasteiger partial charge in [-0.2, -0.15) is 5.26 Å². The number of anilines is 1. The van der Waals surface area contributed by atoms with Crippen LogP contribution in [0.2, 0.25) is 0 Å². The summed E-state index contributed by atoms with van der Waals surface area (Å²) in [5.41, 5.74) is 3.16. The lowest BCUT2D eigenvalue weighted by Crippen LogP contribution is -2.42. The number of aryl methyl sites for hydroxylation is 1. The minimum atomic E-state index is -0.497. The second-order valence-corrected chi connectivity index (χ2v) is 8.46. The lowest BCUT2D eigenvalue weighted by atomic mass is 9.90. The zero-order valence-electron chi connectivity index (χ0n) is 17.6. The van der Waals surface area contributed by atoms with Gasteiger partial charge in [-0.15, -0.1) is 0 Å². The van der Waals surface area contributed by atoms with Crippen molar-refractivity contribution in [1.29, 1.82) is 5.26 Å². The SMILES string of the molecule is Cc1cnc2[nH]cc(-c3nc(NC4CCCC(NC(C)C)C4)c(F)cc3C#N)c2c1. The number of H-pyrrole nitrogens is 1. The molecule has 2 atom stereocenters. The van der Waals surface area contributed by atoms with E-state index in [1.807, 2.05) is 13.0 Å². The molecule has 1 aliphatic rings. The van der Waals surface area contributed by atoms with Crippen LogP contribution in [0.3, 0.4) is 0 Å². The zero-order chi connectivity index (χ0) is 21.3. The van der Waals surface area contributed by atoms with Crippen molar-refractivity contribution in [3.63, 3.8) is 0 Å². The highest BCUT2D eigenvalue weighted by atomic mass is 19.1. The quantitative estimate of drug-likeness (QED) is 0.573. The van der Waals surface area contributed by atoms with Gasteiger partial charge >= 0.3 is 0 Å². The van der Waals surface area contributed by atoms with Crippen LogP contribution in [0.5, 0.6) is 0 Å². The number of aromatic amines is 1. The van der Waals surface area contributed by atoms with E-state index in [2.05, 4.69) is 45.5 Å². The van der Waals surface area contributed by atoms with E-state index in [-0.39, 0.29) is 17.4 Å². The highest BCUT2D eigenvalue weighted by Crippen LogP contribution is 2.32. The van der Waals surface area contributed by atoms with E-state index in [9.17, 15) is 9.65 Å². The highest BCUT2D eigenvalue weighted by molar-refractivity contribution is 5.94. The van der Waals surface area contributed by atoms with Crippen LogP contribution >= 0.6 is 0 Å². The van der Waals surface area contributed by atoms with Gasteiger partial charge in [0.2, 0.25) is 0 Å². The maximum Gasteiger partial charge on any atom is 0.166 e. The molecule has 0 saturated heterocycles. The molecular weight excluding hydrogens is 379 g/mol. The topological polar surface area (TPSA) is 89.4 Å². The number of hydrogen-bond donors (Lipinski definition) is 3. The van der Waals surface area contributed by atoms with Crippen molar-refractivity contribution in [3.05, 3.63) is 41.5 Å². The van der Waals surface area contributed by atoms with Gasteiger partial charge < -0.3 is 15.6 Å². The summed E-state index contributed by atoms with van der Waals surface area (Å²) >= 11 is 0. The first-order chi connectivity index (χ1) is 14.4. The Morgan fingerprint density at radius 3 is 2.83 bits per heavy atom. The summed E-state index contributed by atoms with van der Waals surface area (Å²) < 4.78 is 14.8. The molecule has 2 unspecified atom stereocenters. The maximum atomic E-state index is 14.8. The molecule has 3 heterocycles. The second kappa shape index (κ2) is 8.41. The molecule has 0 amide bonds. The fourth-order valence-electron chi connectivity index (χ4n) is 4.32. The Labute approximate surface area is 175 Å².